The first-order valence-corrected chi connectivity index (χ1v) is 11.1. The lowest BCUT2D eigenvalue weighted by Crippen LogP contribution is -2.36. The molecule has 8 heteroatoms. The first-order valence-electron chi connectivity index (χ1n) is 11.1. The number of esters is 2. The summed E-state index contributed by atoms with van der Waals surface area (Å²) in [6, 6.07) is 3.46. The van der Waals surface area contributed by atoms with Gasteiger partial charge < -0.3 is 29.0 Å². The molecular weight excluding hydrogens is 438 g/mol. The Hall–Kier alpha value is -3.16. The molecule has 8 nitrogen and oxygen atoms in total. The second-order valence-electron chi connectivity index (χ2n) is 10.1. The van der Waals surface area contributed by atoms with Crippen molar-refractivity contribution in [1.29, 1.82) is 0 Å². The van der Waals surface area contributed by atoms with E-state index in [1.165, 1.54) is 21.3 Å². The zero-order valence-corrected chi connectivity index (χ0v) is 22.1. The van der Waals surface area contributed by atoms with Crippen molar-refractivity contribution in [3.05, 3.63) is 40.2 Å². The molecule has 188 valence electrons. The fraction of sp³-hybridized carbons (Fsp3) is 0.538. The summed E-state index contributed by atoms with van der Waals surface area (Å²) >= 11 is 0. The largest absolute Gasteiger partial charge is 0.493 e. The third-order valence-electron chi connectivity index (χ3n) is 5.02. The van der Waals surface area contributed by atoms with Crippen LogP contribution in [0.15, 0.2) is 34.7 Å². The summed E-state index contributed by atoms with van der Waals surface area (Å²) in [7, 11) is 4.53. The number of benzene rings is 1. The topological polar surface area (TPSA) is 92.3 Å². The predicted molar refractivity (Wildman–Crippen MR) is 129 cm³/mol. The monoisotopic (exact) mass is 475 g/mol. The Labute approximate surface area is 202 Å². The molecule has 0 bridgehead atoms. The van der Waals surface area contributed by atoms with Crippen LogP contribution in [0.5, 0.6) is 17.2 Å². The summed E-state index contributed by atoms with van der Waals surface area (Å²) < 4.78 is 28.0. The smallest absolute Gasteiger partial charge is 0.337 e. The first-order chi connectivity index (χ1) is 15.6. The average Bonchev–Trinajstić information content (AvgIpc) is 2.68. The Morgan fingerprint density at radius 3 is 1.41 bits per heavy atom. The van der Waals surface area contributed by atoms with Gasteiger partial charge in [0.1, 0.15) is 11.2 Å². The maximum Gasteiger partial charge on any atom is 0.337 e. The van der Waals surface area contributed by atoms with Crippen LogP contribution < -0.4 is 19.5 Å². The summed E-state index contributed by atoms with van der Waals surface area (Å²) in [5.41, 5.74) is 0.900. The highest BCUT2D eigenvalue weighted by Crippen LogP contribution is 2.46. The Morgan fingerprint density at radius 1 is 0.735 bits per heavy atom. The van der Waals surface area contributed by atoms with E-state index in [-0.39, 0.29) is 0 Å². The van der Waals surface area contributed by atoms with Crippen molar-refractivity contribution >= 4 is 11.9 Å². The number of hydrogen-bond donors (Lipinski definition) is 1. The lowest BCUT2D eigenvalue weighted by atomic mass is 9.80. The fourth-order valence-corrected chi connectivity index (χ4v) is 3.80. The molecule has 0 unspecified atom stereocenters. The van der Waals surface area contributed by atoms with Crippen molar-refractivity contribution in [3.63, 3.8) is 0 Å². The molecule has 1 aromatic rings. The maximum absolute atomic E-state index is 13.4. The van der Waals surface area contributed by atoms with Gasteiger partial charge in [-0.05, 0) is 73.1 Å². The van der Waals surface area contributed by atoms with Crippen LogP contribution in [0, 0.1) is 0 Å². The van der Waals surface area contributed by atoms with E-state index < -0.39 is 29.1 Å². The van der Waals surface area contributed by atoms with E-state index in [1.807, 2.05) is 0 Å². The van der Waals surface area contributed by atoms with Gasteiger partial charge in [-0.1, -0.05) is 0 Å². The number of allylic oxidation sites excluding steroid dienone is 2. The van der Waals surface area contributed by atoms with Gasteiger partial charge in [-0.2, -0.15) is 0 Å². The Balaban J connectivity index is 2.82. The van der Waals surface area contributed by atoms with E-state index in [4.69, 9.17) is 23.7 Å². The zero-order valence-electron chi connectivity index (χ0n) is 22.1. The highest BCUT2D eigenvalue weighted by molar-refractivity contribution is 6.00. The quantitative estimate of drug-likeness (QED) is 0.596. The second kappa shape index (κ2) is 9.99. The summed E-state index contributed by atoms with van der Waals surface area (Å²) in [6.45, 7) is 14.3. The fourth-order valence-electron chi connectivity index (χ4n) is 3.80. The minimum absolute atomic E-state index is 0.302. The Kier molecular flexibility index (Phi) is 7.96. The number of carbonyl (C=O) groups is 2. The van der Waals surface area contributed by atoms with Crippen LogP contribution in [0.3, 0.4) is 0 Å². The van der Waals surface area contributed by atoms with Crippen LogP contribution in [-0.2, 0) is 19.1 Å². The van der Waals surface area contributed by atoms with E-state index in [9.17, 15) is 9.59 Å². The number of carbonyl (C=O) groups excluding carboxylic acids is 2. The van der Waals surface area contributed by atoms with Crippen molar-refractivity contribution in [2.24, 2.45) is 0 Å². The number of methoxy groups -OCH3 is 3. The molecule has 1 aliphatic heterocycles. The van der Waals surface area contributed by atoms with Crippen LogP contribution in [-0.4, -0.2) is 44.5 Å². The summed E-state index contributed by atoms with van der Waals surface area (Å²) in [5.74, 6) is -0.661. The maximum atomic E-state index is 13.4. The molecular formula is C26H37NO7. The molecule has 0 spiro atoms. The van der Waals surface area contributed by atoms with Gasteiger partial charge >= 0.3 is 11.9 Å². The van der Waals surface area contributed by atoms with Gasteiger partial charge in [-0.3, -0.25) is 0 Å². The molecule has 0 saturated carbocycles. The highest BCUT2D eigenvalue weighted by atomic mass is 16.6. The number of dihydropyridines is 1. The molecule has 0 amide bonds. The van der Waals surface area contributed by atoms with Crippen LogP contribution in [0.25, 0.3) is 0 Å². The molecule has 0 fully saturated rings. The predicted octanol–water partition coefficient (Wildman–Crippen LogP) is 4.63. The van der Waals surface area contributed by atoms with Gasteiger partial charge in [0.15, 0.2) is 11.5 Å². The lowest BCUT2D eigenvalue weighted by molar-refractivity contribution is -0.150. The van der Waals surface area contributed by atoms with Gasteiger partial charge in [-0.25, -0.2) is 9.59 Å². The van der Waals surface area contributed by atoms with Crippen molar-refractivity contribution in [2.75, 3.05) is 21.3 Å². The summed E-state index contributed by atoms with van der Waals surface area (Å²) in [5, 5.41) is 3.16. The van der Waals surface area contributed by atoms with Gasteiger partial charge in [0.25, 0.3) is 0 Å². The van der Waals surface area contributed by atoms with Crippen molar-refractivity contribution in [2.45, 2.75) is 72.5 Å². The molecule has 2 rings (SSSR count). The van der Waals surface area contributed by atoms with Crippen LogP contribution in [0.1, 0.15) is 66.9 Å². The molecule has 1 N–H and O–H groups in total. The zero-order chi connectivity index (χ0) is 26.0. The molecule has 0 aliphatic carbocycles. The third-order valence-corrected chi connectivity index (χ3v) is 5.02. The lowest BCUT2D eigenvalue weighted by Gasteiger charge is -2.33. The van der Waals surface area contributed by atoms with Gasteiger partial charge in [0, 0.05) is 11.4 Å². The van der Waals surface area contributed by atoms with E-state index in [0.717, 1.165) is 0 Å². The Morgan fingerprint density at radius 2 is 1.12 bits per heavy atom. The van der Waals surface area contributed by atoms with E-state index >= 15 is 0 Å². The number of hydrogen-bond acceptors (Lipinski definition) is 8. The average molecular weight is 476 g/mol. The van der Waals surface area contributed by atoms with E-state index in [0.29, 0.717) is 45.4 Å². The molecule has 1 aromatic carbocycles. The third kappa shape index (κ3) is 6.04. The standard InChI is InChI=1S/C26H37NO7/c1-14-19(23(28)33-25(3,4)5)21(20(15(2)27-14)24(29)34-26(6,7)8)16-12-17(30-9)22(32-11)18(13-16)31-10/h12-13,21,27H,1-11H3. The second-order valence-corrected chi connectivity index (χ2v) is 10.1. The van der Waals surface area contributed by atoms with Crippen LogP contribution in [0.2, 0.25) is 0 Å². The van der Waals surface area contributed by atoms with Crippen molar-refractivity contribution in [1.82, 2.24) is 5.32 Å². The van der Waals surface area contributed by atoms with Crippen LogP contribution >= 0.6 is 0 Å². The van der Waals surface area contributed by atoms with Gasteiger partial charge in [0.05, 0.1) is 38.4 Å². The molecule has 1 heterocycles. The minimum Gasteiger partial charge on any atom is -0.493 e. The molecule has 0 radical (unpaired) electrons. The molecule has 0 atom stereocenters. The first kappa shape index (κ1) is 27.1. The van der Waals surface area contributed by atoms with E-state index in [2.05, 4.69) is 5.32 Å². The Bertz CT molecular complexity index is 948. The van der Waals surface area contributed by atoms with Crippen LogP contribution in [0.4, 0.5) is 0 Å². The summed E-state index contributed by atoms with van der Waals surface area (Å²) in [6.07, 6.45) is 0. The SMILES string of the molecule is COc1cc(C2C(C(=O)OC(C)(C)C)=C(C)NC(C)=C2C(=O)OC(C)(C)C)cc(OC)c1OC. The molecule has 34 heavy (non-hydrogen) atoms. The number of ether oxygens (including phenoxy) is 5. The molecule has 1 aliphatic rings. The molecule has 0 saturated heterocycles. The highest BCUT2D eigenvalue weighted by Gasteiger charge is 2.40. The van der Waals surface area contributed by atoms with Crippen molar-refractivity contribution < 1.29 is 33.3 Å². The molecule has 0 aromatic heterocycles. The number of rotatable bonds is 6. The van der Waals surface area contributed by atoms with Crippen molar-refractivity contribution in [3.8, 4) is 17.2 Å². The normalized spacial score (nSPS) is 15.0. The summed E-state index contributed by atoms with van der Waals surface area (Å²) in [4.78, 5) is 26.8. The van der Waals surface area contributed by atoms with E-state index in [1.54, 1.807) is 67.5 Å². The minimum atomic E-state index is -0.792. The number of nitrogens with one attached hydrogen (secondary N) is 1. The van der Waals surface area contributed by atoms with Gasteiger partial charge in [0.2, 0.25) is 5.75 Å². The van der Waals surface area contributed by atoms with Gasteiger partial charge in [-0.15, -0.1) is 0 Å².